The van der Waals surface area contributed by atoms with Crippen molar-refractivity contribution in [3.05, 3.63) is 71.8 Å². The van der Waals surface area contributed by atoms with Gasteiger partial charge in [-0.3, -0.25) is 4.72 Å². The fourth-order valence-corrected chi connectivity index (χ4v) is 3.11. The number of furan rings is 1. The molecular formula is C16H14ClN3O3S. The molecule has 0 saturated carbocycles. The summed E-state index contributed by atoms with van der Waals surface area (Å²) in [5.41, 5.74) is 0.751. The van der Waals surface area contributed by atoms with Gasteiger partial charge in [-0.2, -0.15) is 0 Å². The van der Waals surface area contributed by atoms with Crippen LogP contribution in [0.25, 0.3) is 0 Å². The monoisotopic (exact) mass is 363 g/mol. The zero-order valence-electron chi connectivity index (χ0n) is 12.4. The minimum absolute atomic E-state index is 0.119. The van der Waals surface area contributed by atoms with Crippen LogP contribution in [0.2, 0.25) is 5.02 Å². The molecule has 8 heteroatoms. The summed E-state index contributed by atoms with van der Waals surface area (Å²) < 4.78 is 32.2. The molecule has 6 nitrogen and oxygen atoms in total. The van der Waals surface area contributed by atoms with Gasteiger partial charge in [0, 0.05) is 5.02 Å². The van der Waals surface area contributed by atoms with Gasteiger partial charge in [0.05, 0.1) is 29.6 Å². The van der Waals surface area contributed by atoms with Gasteiger partial charge in [0.25, 0.3) is 10.0 Å². The topological polar surface area (TPSA) is 84.2 Å². The zero-order valence-corrected chi connectivity index (χ0v) is 14.0. The minimum atomic E-state index is -3.70. The average Bonchev–Trinajstić information content (AvgIpc) is 3.08. The Bertz CT molecular complexity index is 893. The number of nitrogens with one attached hydrogen (secondary N) is 2. The van der Waals surface area contributed by atoms with Gasteiger partial charge in [-0.15, -0.1) is 0 Å². The predicted octanol–water partition coefficient (Wildman–Crippen LogP) is 3.74. The van der Waals surface area contributed by atoms with Crippen LogP contribution in [0.3, 0.4) is 0 Å². The van der Waals surface area contributed by atoms with Crippen LogP contribution in [0.4, 0.5) is 11.5 Å². The predicted molar refractivity (Wildman–Crippen MR) is 92.5 cm³/mol. The summed E-state index contributed by atoms with van der Waals surface area (Å²) >= 11 is 5.76. The highest BCUT2D eigenvalue weighted by Gasteiger charge is 2.14. The Balaban J connectivity index is 1.66. The molecule has 0 aliphatic carbocycles. The van der Waals surface area contributed by atoms with Crippen molar-refractivity contribution in [3.63, 3.8) is 0 Å². The highest BCUT2D eigenvalue weighted by atomic mass is 35.5. The van der Waals surface area contributed by atoms with Crippen LogP contribution in [0.5, 0.6) is 0 Å². The third-order valence-electron chi connectivity index (χ3n) is 3.17. The zero-order chi connectivity index (χ0) is 17.0. The smallest absolute Gasteiger partial charge is 0.263 e. The van der Waals surface area contributed by atoms with Crippen molar-refractivity contribution in [2.75, 3.05) is 10.0 Å². The molecule has 2 aromatic heterocycles. The van der Waals surface area contributed by atoms with Gasteiger partial charge in [0.15, 0.2) is 0 Å². The van der Waals surface area contributed by atoms with Gasteiger partial charge >= 0.3 is 0 Å². The van der Waals surface area contributed by atoms with Crippen molar-refractivity contribution in [2.45, 2.75) is 11.4 Å². The normalized spacial score (nSPS) is 11.2. The first-order chi connectivity index (χ1) is 11.5. The molecule has 1 aromatic carbocycles. The van der Waals surface area contributed by atoms with Crippen molar-refractivity contribution >= 4 is 33.1 Å². The largest absolute Gasteiger partial charge is 0.467 e. The van der Waals surface area contributed by atoms with Gasteiger partial charge in [0.1, 0.15) is 11.6 Å². The van der Waals surface area contributed by atoms with E-state index >= 15 is 0 Å². The lowest BCUT2D eigenvalue weighted by atomic mass is 10.4. The molecule has 0 radical (unpaired) electrons. The van der Waals surface area contributed by atoms with Crippen LogP contribution >= 0.6 is 11.6 Å². The van der Waals surface area contributed by atoms with Crippen LogP contribution in [0.1, 0.15) is 5.76 Å². The lowest BCUT2D eigenvalue weighted by Crippen LogP contribution is -2.13. The Labute approximate surface area is 144 Å². The van der Waals surface area contributed by atoms with Gasteiger partial charge in [0.2, 0.25) is 0 Å². The molecule has 0 fully saturated rings. The molecule has 3 rings (SSSR count). The van der Waals surface area contributed by atoms with Gasteiger partial charge in [-0.05, 0) is 48.5 Å². The van der Waals surface area contributed by atoms with Crippen LogP contribution in [0, 0.1) is 0 Å². The highest BCUT2D eigenvalue weighted by Crippen LogP contribution is 2.18. The average molecular weight is 364 g/mol. The van der Waals surface area contributed by atoms with E-state index in [1.54, 1.807) is 24.6 Å². The number of aromatic nitrogens is 1. The summed E-state index contributed by atoms with van der Waals surface area (Å²) in [5.74, 6) is 1.02. The second-order valence-electron chi connectivity index (χ2n) is 4.92. The third-order valence-corrected chi connectivity index (χ3v) is 4.80. The van der Waals surface area contributed by atoms with Crippen LogP contribution < -0.4 is 10.0 Å². The Hall–Kier alpha value is -2.51. The number of pyridine rings is 1. The fourth-order valence-electron chi connectivity index (χ4n) is 1.97. The fraction of sp³-hybridized carbons (Fsp3) is 0.0625. The van der Waals surface area contributed by atoms with E-state index in [0.717, 1.165) is 11.4 Å². The number of benzene rings is 1. The van der Waals surface area contributed by atoms with Crippen molar-refractivity contribution in [1.29, 1.82) is 0 Å². The maximum absolute atomic E-state index is 12.3. The van der Waals surface area contributed by atoms with Crippen molar-refractivity contribution in [1.82, 2.24) is 4.98 Å². The number of nitrogens with zero attached hydrogens (tertiary/aromatic N) is 1. The summed E-state index contributed by atoms with van der Waals surface area (Å²) in [4.78, 5) is 4.22. The van der Waals surface area contributed by atoms with Crippen molar-refractivity contribution in [3.8, 4) is 0 Å². The lowest BCUT2D eigenvalue weighted by molar-refractivity contribution is 0.518. The number of rotatable bonds is 6. The first-order valence-corrected chi connectivity index (χ1v) is 8.90. The number of anilines is 2. The van der Waals surface area contributed by atoms with Crippen LogP contribution in [-0.4, -0.2) is 13.4 Å². The molecule has 0 bridgehead atoms. The second kappa shape index (κ2) is 6.94. The maximum atomic E-state index is 12.3. The third kappa shape index (κ3) is 4.06. The van der Waals surface area contributed by atoms with E-state index < -0.39 is 10.0 Å². The number of hydrogen-bond donors (Lipinski definition) is 2. The van der Waals surface area contributed by atoms with Crippen LogP contribution in [-0.2, 0) is 16.6 Å². The summed E-state index contributed by atoms with van der Waals surface area (Å²) in [7, 11) is -3.70. The highest BCUT2D eigenvalue weighted by molar-refractivity contribution is 7.92. The Morgan fingerprint density at radius 2 is 1.88 bits per heavy atom. The van der Waals surface area contributed by atoms with E-state index in [2.05, 4.69) is 15.0 Å². The molecule has 0 spiro atoms. The van der Waals surface area contributed by atoms with E-state index in [0.29, 0.717) is 11.6 Å². The van der Waals surface area contributed by atoms with Gasteiger partial charge < -0.3 is 9.73 Å². The number of hydrogen-bond acceptors (Lipinski definition) is 5. The second-order valence-corrected chi connectivity index (χ2v) is 7.04. The molecule has 2 N–H and O–H groups in total. The first kappa shape index (κ1) is 16.4. The molecule has 3 aromatic rings. The van der Waals surface area contributed by atoms with Gasteiger partial charge in [-0.1, -0.05) is 11.6 Å². The van der Waals surface area contributed by atoms with E-state index in [9.17, 15) is 8.42 Å². The summed E-state index contributed by atoms with van der Waals surface area (Å²) in [6.45, 7) is 0.518. The quantitative estimate of drug-likeness (QED) is 0.697. The van der Waals surface area contributed by atoms with Crippen molar-refractivity contribution in [2.24, 2.45) is 0 Å². The molecule has 0 aliphatic rings. The van der Waals surface area contributed by atoms with Gasteiger partial charge in [-0.25, -0.2) is 13.4 Å². The maximum Gasteiger partial charge on any atom is 0.263 e. The van der Waals surface area contributed by atoms with E-state index in [-0.39, 0.29) is 10.7 Å². The molecular weight excluding hydrogens is 350 g/mol. The molecule has 124 valence electrons. The summed E-state index contributed by atoms with van der Waals surface area (Å²) in [6.07, 6.45) is 3.15. The molecule has 2 heterocycles. The first-order valence-electron chi connectivity index (χ1n) is 7.04. The number of halogens is 1. The van der Waals surface area contributed by atoms with E-state index in [1.807, 2.05) is 12.1 Å². The Kier molecular flexibility index (Phi) is 4.73. The standard InChI is InChI=1S/C16H14ClN3O3S/c17-12-3-6-15(7-4-12)24(21,22)20-16-8-5-13(10-19-16)18-11-14-2-1-9-23-14/h1-10,18H,11H2,(H,19,20). The molecule has 24 heavy (non-hydrogen) atoms. The minimum Gasteiger partial charge on any atom is -0.467 e. The van der Waals surface area contributed by atoms with E-state index in [1.165, 1.54) is 24.3 Å². The molecule has 0 aliphatic heterocycles. The summed E-state index contributed by atoms with van der Waals surface area (Å²) in [5, 5.41) is 3.60. The Morgan fingerprint density at radius 3 is 2.50 bits per heavy atom. The Morgan fingerprint density at radius 1 is 1.08 bits per heavy atom. The number of sulfonamides is 1. The molecule has 0 atom stereocenters. The lowest BCUT2D eigenvalue weighted by Gasteiger charge is -2.09. The van der Waals surface area contributed by atoms with Crippen LogP contribution in [0.15, 0.2) is 70.3 Å². The SMILES string of the molecule is O=S(=O)(Nc1ccc(NCc2ccco2)cn1)c1ccc(Cl)cc1. The summed E-state index contributed by atoms with van der Waals surface area (Å²) in [6, 6.07) is 12.9. The van der Waals surface area contributed by atoms with E-state index in [4.69, 9.17) is 16.0 Å². The van der Waals surface area contributed by atoms with Crippen molar-refractivity contribution < 1.29 is 12.8 Å². The molecule has 0 saturated heterocycles. The molecule has 0 amide bonds. The molecule has 0 unspecified atom stereocenters.